The first-order valence-corrected chi connectivity index (χ1v) is 6.10. The Kier molecular flexibility index (Phi) is 5.50. The number of hydrogen-bond acceptors (Lipinski definition) is 4. The van der Waals surface area contributed by atoms with Gasteiger partial charge in [0.1, 0.15) is 0 Å². The number of hydrogen-bond donors (Lipinski definition) is 1. The Balaban J connectivity index is 2.37. The van der Waals surface area contributed by atoms with Crippen molar-refractivity contribution in [3.05, 3.63) is 23.9 Å². The third-order valence-electron chi connectivity index (χ3n) is 1.95. The molecule has 0 saturated heterocycles. The molecule has 84 valence electrons. The molecular formula is C11H17NO2S. The van der Waals surface area contributed by atoms with E-state index in [2.05, 4.69) is 4.98 Å². The van der Waals surface area contributed by atoms with Crippen LogP contribution in [0, 0.1) is 5.92 Å². The minimum absolute atomic E-state index is 0.249. The van der Waals surface area contributed by atoms with Gasteiger partial charge in [-0.1, -0.05) is 13.0 Å². The third kappa shape index (κ3) is 4.53. The topological polar surface area (TPSA) is 42.4 Å². The number of aliphatic hydroxyl groups is 1. The summed E-state index contributed by atoms with van der Waals surface area (Å²) in [6.07, 6.45) is 0. The van der Waals surface area contributed by atoms with Crippen molar-refractivity contribution in [2.45, 2.75) is 12.7 Å². The molecule has 1 aromatic rings. The van der Waals surface area contributed by atoms with Crippen molar-refractivity contribution in [2.75, 3.05) is 19.5 Å². The highest BCUT2D eigenvalue weighted by molar-refractivity contribution is 7.98. The lowest BCUT2D eigenvalue weighted by Gasteiger charge is -2.07. The summed E-state index contributed by atoms with van der Waals surface area (Å²) in [5.41, 5.74) is 1.02. The maximum absolute atomic E-state index is 8.87. The zero-order valence-electron chi connectivity index (χ0n) is 9.14. The van der Waals surface area contributed by atoms with E-state index < -0.39 is 0 Å². The molecule has 1 atom stereocenters. The first kappa shape index (κ1) is 12.3. The first-order chi connectivity index (χ1) is 7.26. The Morgan fingerprint density at radius 3 is 3.00 bits per heavy atom. The molecule has 4 heteroatoms. The van der Waals surface area contributed by atoms with Crippen LogP contribution in [0.15, 0.2) is 18.2 Å². The predicted octanol–water partition coefficient (Wildman–Crippen LogP) is 1.95. The minimum atomic E-state index is 0.249. The van der Waals surface area contributed by atoms with E-state index in [1.165, 1.54) is 0 Å². The fourth-order valence-corrected chi connectivity index (χ4v) is 2.06. The lowest BCUT2D eigenvalue weighted by atomic mass is 10.2. The van der Waals surface area contributed by atoms with Crippen molar-refractivity contribution in [1.29, 1.82) is 0 Å². The van der Waals surface area contributed by atoms with Crippen molar-refractivity contribution in [3.63, 3.8) is 0 Å². The maximum Gasteiger partial charge on any atom is 0.213 e. The lowest BCUT2D eigenvalue weighted by molar-refractivity contribution is 0.250. The van der Waals surface area contributed by atoms with Gasteiger partial charge in [0.15, 0.2) is 0 Å². The Labute approximate surface area is 94.9 Å². The number of rotatable bonds is 6. The summed E-state index contributed by atoms with van der Waals surface area (Å²) in [7, 11) is 1.62. The zero-order chi connectivity index (χ0) is 11.1. The van der Waals surface area contributed by atoms with Gasteiger partial charge in [0, 0.05) is 18.4 Å². The summed E-state index contributed by atoms with van der Waals surface area (Å²) in [6.45, 7) is 2.28. The van der Waals surface area contributed by atoms with Gasteiger partial charge in [0.2, 0.25) is 5.88 Å². The molecule has 1 aromatic heterocycles. The fraction of sp³-hybridized carbons (Fsp3) is 0.545. The number of methoxy groups -OCH3 is 1. The fourth-order valence-electron chi connectivity index (χ4n) is 1.07. The van der Waals surface area contributed by atoms with Crippen LogP contribution in [0.4, 0.5) is 0 Å². The van der Waals surface area contributed by atoms with Gasteiger partial charge in [0.25, 0.3) is 0 Å². The Bertz CT molecular complexity index is 294. The van der Waals surface area contributed by atoms with Gasteiger partial charge in [0.05, 0.1) is 12.8 Å². The minimum Gasteiger partial charge on any atom is -0.481 e. The Hall–Kier alpha value is -0.740. The van der Waals surface area contributed by atoms with Crippen molar-refractivity contribution in [3.8, 4) is 5.88 Å². The van der Waals surface area contributed by atoms with E-state index in [4.69, 9.17) is 9.84 Å². The SMILES string of the molecule is COc1cccc(CSCC(C)CO)n1. The average molecular weight is 227 g/mol. The maximum atomic E-state index is 8.87. The van der Waals surface area contributed by atoms with Crippen LogP contribution in [0.5, 0.6) is 5.88 Å². The molecule has 0 saturated carbocycles. The van der Waals surface area contributed by atoms with Crippen molar-refractivity contribution >= 4 is 11.8 Å². The van der Waals surface area contributed by atoms with Crippen LogP contribution in [0.1, 0.15) is 12.6 Å². The normalized spacial score (nSPS) is 12.5. The summed E-state index contributed by atoms with van der Waals surface area (Å²) in [5, 5.41) is 8.87. The molecule has 1 unspecified atom stereocenters. The van der Waals surface area contributed by atoms with Crippen LogP contribution in [0.2, 0.25) is 0 Å². The highest BCUT2D eigenvalue weighted by atomic mass is 32.2. The highest BCUT2D eigenvalue weighted by Crippen LogP contribution is 2.15. The number of thioether (sulfide) groups is 1. The van der Waals surface area contributed by atoms with E-state index in [0.29, 0.717) is 11.8 Å². The van der Waals surface area contributed by atoms with E-state index in [1.807, 2.05) is 25.1 Å². The summed E-state index contributed by atoms with van der Waals surface area (Å²) < 4.78 is 5.04. The number of aromatic nitrogens is 1. The van der Waals surface area contributed by atoms with Gasteiger partial charge in [-0.3, -0.25) is 0 Å². The molecule has 1 rings (SSSR count). The van der Waals surface area contributed by atoms with Crippen LogP contribution in [0.3, 0.4) is 0 Å². The molecular weight excluding hydrogens is 210 g/mol. The molecule has 0 bridgehead atoms. The number of nitrogens with zero attached hydrogens (tertiary/aromatic N) is 1. The van der Waals surface area contributed by atoms with E-state index in [-0.39, 0.29) is 6.61 Å². The molecule has 0 spiro atoms. The lowest BCUT2D eigenvalue weighted by Crippen LogP contribution is -2.03. The largest absolute Gasteiger partial charge is 0.481 e. The van der Waals surface area contributed by atoms with Crippen molar-refractivity contribution in [2.24, 2.45) is 5.92 Å². The van der Waals surface area contributed by atoms with Crippen LogP contribution >= 0.6 is 11.8 Å². The monoisotopic (exact) mass is 227 g/mol. The number of pyridine rings is 1. The van der Waals surface area contributed by atoms with Crippen LogP contribution in [-0.2, 0) is 5.75 Å². The van der Waals surface area contributed by atoms with Crippen molar-refractivity contribution < 1.29 is 9.84 Å². The predicted molar refractivity (Wildman–Crippen MR) is 63.2 cm³/mol. The second-order valence-electron chi connectivity index (χ2n) is 3.47. The van der Waals surface area contributed by atoms with Gasteiger partial charge in [-0.15, -0.1) is 0 Å². The molecule has 1 N–H and O–H groups in total. The zero-order valence-corrected chi connectivity index (χ0v) is 9.96. The third-order valence-corrected chi connectivity index (χ3v) is 3.26. The smallest absolute Gasteiger partial charge is 0.213 e. The second kappa shape index (κ2) is 6.69. The molecule has 0 amide bonds. The molecule has 0 aliphatic carbocycles. The standard InChI is InChI=1S/C11H17NO2S/c1-9(6-13)7-15-8-10-4-3-5-11(12-10)14-2/h3-5,9,13H,6-8H2,1-2H3. The van der Waals surface area contributed by atoms with E-state index in [0.717, 1.165) is 17.2 Å². The van der Waals surface area contributed by atoms with Crippen LogP contribution in [-0.4, -0.2) is 29.6 Å². The molecule has 1 heterocycles. The first-order valence-electron chi connectivity index (χ1n) is 4.94. The average Bonchev–Trinajstić information content (AvgIpc) is 2.29. The van der Waals surface area contributed by atoms with Gasteiger partial charge in [-0.05, 0) is 17.7 Å². The van der Waals surface area contributed by atoms with Crippen LogP contribution < -0.4 is 4.74 Å². The van der Waals surface area contributed by atoms with Crippen molar-refractivity contribution in [1.82, 2.24) is 4.98 Å². The summed E-state index contributed by atoms with van der Waals surface area (Å²) in [5.74, 6) is 2.82. The molecule has 0 aliphatic heterocycles. The Morgan fingerprint density at radius 2 is 2.33 bits per heavy atom. The summed E-state index contributed by atoms with van der Waals surface area (Å²) in [6, 6.07) is 5.76. The second-order valence-corrected chi connectivity index (χ2v) is 4.50. The van der Waals surface area contributed by atoms with Crippen LogP contribution in [0.25, 0.3) is 0 Å². The van der Waals surface area contributed by atoms with Gasteiger partial charge < -0.3 is 9.84 Å². The van der Waals surface area contributed by atoms with Gasteiger partial charge >= 0.3 is 0 Å². The van der Waals surface area contributed by atoms with E-state index >= 15 is 0 Å². The highest BCUT2D eigenvalue weighted by Gasteiger charge is 2.02. The molecule has 0 aromatic carbocycles. The molecule has 3 nitrogen and oxygen atoms in total. The van der Waals surface area contributed by atoms with E-state index in [1.54, 1.807) is 18.9 Å². The van der Waals surface area contributed by atoms with Gasteiger partial charge in [-0.2, -0.15) is 11.8 Å². The van der Waals surface area contributed by atoms with Gasteiger partial charge in [-0.25, -0.2) is 4.98 Å². The molecule has 15 heavy (non-hydrogen) atoms. The molecule has 0 radical (unpaired) electrons. The Morgan fingerprint density at radius 1 is 1.53 bits per heavy atom. The number of ether oxygens (including phenoxy) is 1. The molecule has 0 fully saturated rings. The quantitative estimate of drug-likeness (QED) is 0.806. The summed E-state index contributed by atoms with van der Waals surface area (Å²) >= 11 is 1.78. The molecule has 0 aliphatic rings. The van der Waals surface area contributed by atoms with E-state index in [9.17, 15) is 0 Å². The summed E-state index contributed by atoms with van der Waals surface area (Å²) in [4.78, 5) is 4.31. The number of aliphatic hydroxyl groups excluding tert-OH is 1.